The van der Waals surface area contributed by atoms with Crippen LogP contribution in [0.25, 0.3) is 0 Å². The number of hydrogen-bond donors (Lipinski definition) is 1. The Balaban J connectivity index is 2.01. The Morgan fingerprint density at radius 3 is 2.45 bits per heavy atom. The van der Waals surface area contributed by atoms with Crippen LogP contribution in [0.1, 0.15) is 13.3 Å². The predicted molar refractivity (Wildman–Crippen MR) is 70.8 cm³/mol. The van der Waals surface area contributed by atoms with E-state index in [1.54, 1.807) is 0 Å². The molecule has 0 unspecified atom stereocenters. The molecule has 1 heterocycles. The highest BCUT2D eigenvalue weighted by Gasteiger charge is 2.23. The molecule has 20 heavy (non-hydrogen) atoms. The summed E-state index contributed by atoms with van der Waals surface area (Å²) in [5, 5.41) is 2.65. The molecule has 0 fully saturated rings. The molecule has 0 aromatic carbocycles. The van der Waals surface area contributed by atoms with E-state index in [9.17, 15) is 14.4 Å². The van der Waals surface area contributed by atoms with Gasteiger partial charge < -0.3 is 14.8 Å². The zero-order chi connectivity index (χ0) is 14.8. The molecule has 0 aliphatic carbocycles. The highest BCUT2D eigenvalue weighted by molar-refractivity contribution is 6.13. The lowest BCUT2D eigenvalue weighted by Gasteiger charge is -2.13. The number of amides is 3. The summed E-state index contributed by atoms with van der Waals surface area (Å²) in [7, 11) is 0. The Labute approximate surface area is 117 Å². The summed E-state index contributed by atoms with van der Waals surface area (Å²) in [6.07, 6.45) is 2.50. The molecule has 0 aromatic heterocycles. The highest BCUT2D eigenvalue weighted by Crippen LogP contribution is 2.03. The number of nitrogens with zero attached hydrogens (tertiary/aromatic N) is 1. The topological polar surface area (TPSA) is 84.9 Å². The van der Waals surface area contributed by atoms with Crippen LogP contribution in [0.5, 0.6) is 0 Å². The third-order valence-corrected chi connectivity index (χ3v) is 2.61. The first kappa shape index (κ1) is 16.3. The van der Waals surface area contributed by atoms with Crippen molar-refractivity contribution in [3.8, 4) is 0 Å². The molecule has 7 nitrogen and oxygen atoms in total. The van der Waals surface area contributed by atoms with E-state index in [2.05, 4.69) is 5.32 Å². The minimum Gasteiger partial charge on any atom is -0.379 e. The fraction of sp³-hybridized carbons (Fsp3) is 0.615. The zero-order valence-corrected chi connectivity index (χ0v) is 11.6. The van der Waals surface area contributed by atoms with Gasteiger partial charge in [0.2, 0.25) is 5.91 Å². The van der Waals surface area contributed by atoms with Gasteiger partial charge in [0.15, 0.2) is 0 Å². The molecule has 7 heteroatoms. The lowest BCUT2D eigenvalue weighted by Crippen LogP contribution is -2.35. The molecule has 0 radical (unpaired) electrons. The molecule has 0 spiro atoms. The van der Waals surface area contributed by atoms with Crippen molar-refractivity contribution in [1.82, 2.24) is 10.2 Å². The second-order valence-corrected chi connectivity index (χ2v) is 4.07. The van der Waals surface area contributed by atoms with E-state index < -0.39 is 0 Å². The SMILES string of the molecule is CCOCCOCCNC(=O)CCN1C(=O)C=CC1=O. The Morgan fingerprint density at radius 1 is 1.15 bits per heavy atom. The van der Waals surface area contributed by atoms with Crippen molar-refractivity contribution in [1.29, 1.82) is 0 Å². The van der Waals surface area contributed by atoms with Crippen molar-refractivity contribution in [2.75, 3.05) is 39.5 Å². The van der Waals surface area contributed by atoms with Crippen LogP contribution in [0.2, 0.25) is 0 Å². The van der Waals surface area contributed by atoms with Gasteiger partial charge in [-0.25, -0.2) is 0 Å². The average Bonchev–Trinajstić information content (AvgIpc) is 2.75. The van der Waals surface area contributed by atoms with Gasteiger partial charge in [-0.15, -0.1) is 0 Å². The first-order valence-corrected chi connectivity index (χ1v) is 6.61. The van der Waals surface area contributed by atoms with Crippen molar-refractivity contribution < 1.29 is 23.9 Å². The monoisotopic (exact) mass is 284 g/mol. The maximum Gasteiger partial charge on any atom is 0.253 e. The second-order valence-electron chi connectivity index (χ2n) is 4.07. The van der Waals surface area contributed by atoms with Gasteiger partial charge in [0.1, 0.15) is 0 Å². The van der Waals surface area contributed by atoms with Crippen molar-refractivity contribution in [3.05, 3.63) is 12.2 Å². The minimum atomic E-state index is -0.373. The van der Waals surface area contributed by atoms with Crippen LogP contribution in [0.15, 0.2) is 12.2 Å². The van der Waals surface area contributed by atoms with Gasteiger partial charge in [-0.3, -0.25) is 19.3 Å². The van der Waals surface area contributed by atoms with Crippen molar-refractivity contribution in [3.63, 3.8) is 0 Å². The maximum atomic E-state index is 11.5. The molecule has 0 aromatic rings. The van der Waals surface area contributed by atoms with Gasteiger partial charge in [0.25, 0.3) is 11.8 Å². The Kier molecular flexibility index (Phi) is 7.52. The summed E-state index contributed by atoms with van der Waals surface area (Å²) in [4.78, 5) is 35.0. The van der Waals surface area contributed by atoms with E-state index in [4.69, 9.17) is 9.47 Å². The summed E-state index contributed by atoms with van der Waals surface area (Å²) < 4.78 is 10.3. The number of nitrogens with one attached hydrogen (secondary N) is 1. The molecule has 0 saturated carbocycles. The van der Waals surface area contributed by atoms with Crippen molar-refractivity contribution in [2.24, 2.45) is 0 Å². The summed E-state index contributed by atoms with van der Waals surface area (Å²) in [5.74, 6) is -0.963. The second kappa shape index (κ2) is 9.22. The van der Waals surface area contributed by atoms with E-state index in [1.807, 2.05) is 6.92 Å². The third-order valence-electron chi connectivity index (χ3n) is 2.61. The molecule has 1 N–H and O–H groups in total. The molecule has 1 aliphatic heterocycles. The van der Waals surface area contributed by atoms with E-state index >= 15 is 0 Å². The molecule has 0 atom stereocenters. The Bertz CT molecular complexity index is 363. The van der Waals surface area contributed by atoms with Crippen LogP contribution in [-0.4, -0.2) is 62.1 Å². The summed E-state index contributed by atoms with van der Waals surface area (Å²) in [5.41, 5.74) is 0. The number of ether oxygens (including phenoxy) is 2. The number of imide groups is 1. The Hall–Kier alpha value is -1.73. The molecular formula is C13H20N2O5. The zero-order valence-electron chi connectivity index (χ0n) is 11.6. The van der Waals surface area contributed by atoms with Gasteiger partial charge in [0.05, 0.1) is 19.8 Å². The van der Waals surface area contributed by atoms with Crippen LogP contribution < -0.4 is 5.32 Å². The molecule has 1 aliphatic rings. The minimum absolute atomic E-state index is 0.0953. The predicted octanol–water partition coefficient (Wildman–Crippen LogP) is -0.529. The fourth-order valence-electron chi connectivity index (χ4n) is 1.58. The van der Waals surface area contributed by atoms with E-state index in [-0.39, 0.29) is 30.7 Å². The van der Waals surface area contributed by atoms with Gasteiger partial charge in [0, 0.05) is 38.3 Å². The summed E-state index contributed by atoms with van der Waals surface area (Å²) >= 11 is 0. The number of carbonyl (C=O) groups excluding carboxylic acids is 3. The Morgan fingerprint density at radius 2 is 1.80 bits per heavy atom. The molecule has 3 amide bonds. The molecular weight excluding hydrogens is 264 g/mol. The number of hydrogen-bond acceptors (Lipinski definition) is 5. The first-order valence-electron chi connectivity index (χ1n) is 6.61. The van der Waals surface area contributed by atoms with Gasteiger partial charge in [-0.2, -0.15) is 0 Å². The van der Waals surface area contributed by atoms with Crippen molar-refractivity contribution in [2.45, 2.75) is 13.3 Å². The van der Waals surface area contributed by atoms with Crippen LogP contribution in [-0.2, 0) is 23.9 Å². The molecule has 112 valence electrons. The van der Waals surface area contributed by atoms with Crippen molar-refractivity contribution >= 4 is 17.7 Å². The van der Waals surface area contributed by atoms with Gasteiger partial charge in [-0.1, -0.05) is 0 Å². The maximum absolute atomic E-state index is 11.5. The summed E-state index contributed by atoms with van der Waals surface area (Å²) in [6, 6.07) is 0. The van der Waals surface area contributed by atoms with Crippen LogP contribution in [0.4, 0.5) is 0 Å². The first-order chi connectivity index (χ1) is 9.65. The number of carbonyl (C=O) groups is 3. The lowest BCUT2D eigenvalue weighted by molar-refractivity contribution is -0.137. The average molecular weight is 284 g/mol. The normalized spacial score (nSPS) is 14.2. The lowest BCUT2D eigenvalue weighted by atomic mass is 10.3. The smallest absolute Gasteiger partial charge is 0.253 e. The fourth-order valence-corrected chi connectivity index (χ4v) is 1.58. The number of rotatable bonds is 10. The van der Waals surface area contributed by atoms with Gasteiger partial charge >= 0.3 is 0 Å². The molecule has 0 bridgehead atoms. The van der Waals surface area contributed by atoms with E-state index in [0.717, 1.165) is 4.90 Å². The molecule has 0 saturated heterocycles. The van der Waals surface area contributed by atoms with Crippen LogP contribution in [0, 0.1) is 0 Å². The van der Waals surface area contributed by atoms with E-state index in [0.29, 0.717) is 33.0 Å². The van der Waals surface area contributed by atoms with E-state index in [1.165, 1.54) is 12.2 Å². The standard InChI is InChI=1S/C13H20N2O5/c1-2-19-9-10-20-8-6-14-11(16)5-7-15-12(17)3-4-13(15)18/h3-4H,2,5-10H2,1H3,(H,14,16). The largest absolute Gasteiger partial charge is 0.379 e. The molecule has 1 rings (SSSR count). The quantitative estimate of drug-likeness (QED) is 0.430. The summed E-state index contributed by atoms with van der Waals surface area (Å²) in [6.45, 7) is 4.49. The van der Waals surface area contributed by atoms with Crippen LogP contribution in [0.3, 0.4) is 0 Å². The van der Waals surface area contributed by atoms with Gasteiger partial charge in [-0.05, 0) is 6.92 Å². The third kappa shape index (κ3) is 5.94. The van der Waals surface area contributed by atoms with Crippen LogP contribution >= 0.6 is 0 Å². The highest BCUT2D eigenvalue weighted by atomic mass is 16.5.